The fourth-order valence-corrected chi connectivity index (χ4v) is 3.61. The van der Waals surface area contributed by atoms with Gasteiger partial charge < -0.3 is 19.9 Å². The summed E-state index contributed by atoms with van der Waals surface area (Å²) in [6.07, 6.45) is 2.06. The van der Waals surface area contributed by atoms with E-state index in [1.807, 2.05) is 13.0 Å². The lowest BCUT2D eigenvalue weighted by Crippen LogP contribution is -2.29. The van der Waals surface area contributed by atoms with Crippen molar-refractivity contribution in [3.8, 4) is 0 Å². The van der Waals surface area contributed by atoms with Gasteiger partial charge in [0.2, 0.25) is 0 Å². The van der Waals surface area contributed by atoms with Crippen LogP contribution in [0.1, 0.15) is 55.0 Å². The molecule has 1 aromatic carbocycles. The minimum atomic E-state index is -0.352. The molecule has 1 N–H and O–H groups in total. The lowest BCUT2D eigenvalue weighted by Gasteiger charge is -2.27. The second-order valence-corrected chi connectivity index (χ2v) is 7.92. The lowest BCUT2D eigenvalue weighted by atomic mass is 10.1. The predicted molar refractivity (Wildman–Crippen MR) is 128 cm³/mol. The maximum atomic E-state index is 12.9. The molecule has 1 aliphatic heterocycles. The molecule has 0 aliphatic carbocycles. The number of rotatable bonds is 9. The highest BCUT2D eigenvalue weighted by atomic mass is 19.1. The molecular weight excluding hydrogens is 423 g/mol. The molecule has 8 heteroatoms. The molecule has 0 saturated heterocycles. The summed E-state index contributed by atoms with van der Waals surface area (Å²) in [7, 11) is 2.07. The molecule has 33 heavy (non-hydrogen) atoms. The third kappa shape index (κ3) is 8.13. The number of likely N-dealkylation sites (N-methyl/N-ethyl adjacent to an activating group) is 1. The molecule has 1 aromatic heterocycles. The number of carbonyl (C=O) groups is 2. The molecule has 2 heterocycles. The van der Waals surface area contributed by atoms with Crippen LogP contribution in [0.5, 0.6) is 0 Å². The minimum absolute atomic E-state index is 0.204. The van der Waals surface area contributed by atoms with E-state index in [1.54, 1.807) is 0 Å². The first-order chi connectivity index (χ1) is 15.9. The van der Waals surface area contributed by atoms with Crippen LogP contribution in [0.15, 0.2) is 36.4 Å². The molecule has 0 bridgehead atoms. The van der Waals surface area contributed by atoms with E-state index in [1.165, 1.54) is 24.3 Å². The summed E-state index contributed by atoms with van der Waals surface area (Å²) in [5.74, 6) is -0.579. The van der Waals surface area contributed by atoms with Gasteiger partial charge in [-0.2, -0.15) is 0 Å². The van der Waals surface area contributed by atoms with Crippen molar-refractivity contribution >= 4 is 18.1 Å². The van der Waals surface area contributed by atoms with Crippen LogP contribution in [0.25, 0.3) is 0 Å². The topological polar surface area (TPSA) is 74.8 Å². The SMILES string of the molecule is CC(NC(=O)c1ccc(F)cc1)c1ccc2c(n1)CCCN2C.CCN(CC)CCOC=O. The quantitative estimate of drug-likeness (QED) is 0.457. The maximum Gasteiger partial charge on any atom is 0.293 e. The van der Waals surface area contributed by atoms with Crippen LogP contribution in [0, 0.1) is 5.82 Å². The average Bonchev–Trinajstić information content (AvgIpc) is 2.82. The molecule has 0 spiro atoms. The van der Waals surface area contributed by atoms with E-state index in [4.69, 9.17) is 4.98 Å². The number of ether oxygens (including phenoxy) is 1. The van der Waals surface area contributed by atoms with E-state index >= 15 is 0 Å². The Hall–Kier alpha value is -3.00. The Morgan fingerprint density at radius 3 is 2.58 bits per heavy atom. The number of halogens is 1. The van der Waals surface area contributed by atoms with Crippen LogP contribution in [0.3, 0.4) is 0 Å². The molecular formula is C25H35FN4O3. The molecule has 3 rings (SSSR count). The maximum absolute atomic E-state index is 12.9. The Labute approximate surface area is 195 Å². The Bertz CT molecular complexity index is 888. The van der Waals surface area contributed by atoms with Gasteiger partial charge in [0.05, 0.1) is 23.1 Å². The van der Waals surface area contributed by atoms with Crippen LogP contribution >= 0.6 is 0 Å². The summed E-state index contributed by atoms with van der Waals surface area (Å²) in [6.45, 7) is 11.0. The second kappa shape index (κ2) is 13.5. The van der Waals surface area contributed by atoms with Crippen molar-refractivity contribution < 1.29 is 18.7 Å². The van der Waals surface area contributed by atoms with Crippen molar-refractivity contribution in [2.45, 2.75) is 39.7 Å². The van der Waals surface area contributed by atoms with E-state index in [9.17, 15) is 14.0 Å². The normalized spacial score (nSPS) is 13.5. The van der Waals surface area contributed by atoms with E-state index < -0.39 is 0 Å². The highest BCUT2D eigenvalue weighted by Crippen LogP contribution is 2.26. The Balaban J connectivity index is 0.000000328. The van der Waals surface area contributed by atoms with Crippen LogP contribution in [0.2, 0.25) is 0 Å². The molecule has 7 nitrogen and oxygen atoms in total. The third-order valence-electron chi connectivity index (χ3n) is 5.68. The van der Waals surface area contributed by atoms with Crippen LogP contribution in [0.4, 0.5) is 10.1 Å². The fraction of sp³-hybridized carbons (Fsp3) is 0.480. The van der Waals surface area contributed by atoms with Gasteiger partial charge >= 0.3 is 0 Å². The summed E-state index contributed by atoms with van der Waals surface area (Å²) in [4.78, 5) is 31.0. The van der Waals surface area contributed by atoms with E-state index in [-0.39, 0.29) is 17.8 Å². The van der Waals surface area contributed by atoms with Crippen molar-refractivity contribution in [3.63, 3.8) is 0 Å². The van der Waals surface area contributed by atoms with Crippen molar-refractivity contribution in [1.29, 1.82) is 0 Å². The van der Waals surface area contributed by atoms with Crippen LogP contribution < -0.4 is 10.2 Å². The van der Waals surface area contributed by atoms with E-state index in [0.717, 1.165) is 56.1 Å². The molecule has 0 saturated carbocycles. The standard InChI is InChI=1S/C18H20FN3O.C7H15NO2/c1-12(20-18(23)13-5-7-14(19)8-6-13)15-9-10-17-16(21-15)4-3-11-22(17)2;1-3-8(4-2)5-6-10-7-9/h5-10,12H,3-4,11H2,1-2H3,(H,20,23);7H,3-6H2,1-2H3. The van der Waals surface area contributed by atoms with Gasteiger partial charge in [-0.05, 0) is 69.3 Å². The zero-order valence-corrected chi connectivity index (χ0v) is 20.0. The highest BCUT2D eigenvalue weighted by Gasteiger charge is 2.18. The first-order valence-corrected chi connectivity index (χ1v) is 11.4. The zero-order chi connectivity index (χ0) is 24.2. The number of hydrogen-bond donors (Lipinski definition) is 1. The molecule has 0 fully saturated rings. The summed E-state index contributed by atoms with van der Waals surface area (Å²) in [5, 5.41) is 2.91. The van der Waals surface area contributed by atoms with Crippen molar-refractivity contribution in [2.24, 2.45) is 0 Å². The number of hydrogen-bond acceptors (Lipinski definition) is 6. The molecule has 1 unspecified atom stereocenters. The van der Waals surface area contributed by atoms with Crippen molar-refractivity contribution in [2.75, 3.05) is 44.7 Å². The second-order valence-electron chi connectivity index (χ2n) is 7.92. The fourth-order valence-electron chi connectivity index (χ4n) is 3.61. The Morgan fingerprint density at radius 2 is 1.94 bits per heavy atom. The van der Waals surface area contributed by atoms with Gasteiger partial charge in [0.15, 0.2) is 0 Å². The van der Waals surface area contributed by atoms with Gasteiger partial charge in [0.1, 0.15) is 12.4 Å². The van der Waals surface area contributed by atoms with Gasteiger partial charge in [-0.15, -0.1) is 0 Å². The minimum Gasteiger partial charge on any atom is -0.467 e. The van der Waals surface area contributed by atoms with E-state index in [0.29, 0.717) is 18.6 Å². The van der Waals surface area contributed by atoms with Gasteiger partial charge in [0, 0.05) is 25.7 Å². The van der Waals surface area contributed by atoms with Crippen molar-refractivity contribution in [1.82, 2.24) is 15.2 Å². The highest BCUT2D eigenvalue weighted by molar-refractivity contribution is 5.94. The third-order valence-corrected chi connectivity index (χ3v) is 5.68. The molecule has 1 aliphatic rings. The predicted octanol–water partition coefficient (Wildman–Crippen LogP) is 3.60. The van der Waals surface area contributed by atoms with Gasteiger partial charge in [-0.25, -0.2) is 4.39 Å². The Morgan fingerprint density at radius 1 is 1.24 bits per heavy atom. The smallest absolute Gasteiger partial charge is 0.293 e. The molecule has 1 amide bonds. The monoisotopic (exact) mass is 458 g/mol. The first-order valence-electron chi connectivity index (χ1n) is 11.4. The lowest BCUT2D eigenvalue weighted by molar-refractivity contribution is -0.129. The number of anilines is 1. The van der Waals surface area contributed by atoms with Gasteiger partial charge in [-0.3, -0.25) is 14.6 Å². The van der Waals surface area contributed by atoms with Gasteiger partial charge in [-0.1, -0.05) is 13.8 Å². The largest absolute Gasteiger partial charge is 0.467 e. The number of carbonyl (C=O) groups excluding carboxylic acids is 2. The number of nitrogens with zero attached hydrogens (tertiary/aromatic N) is 3. The van der Waals surface area contributed by atoms with Crippen molar-refractivity contribution in [3.05, 3.63) is 59.2 Å². The number of aromatic nitrogens is 1. The summed E-state index contributed by atoms with van der Waals surface area (Å²) in [6, 6.07) is 9.34. The van der Waals surface area contributed by atoms with Crippen LogP contribution in [-0.2, 0) is 16.0 Å². The van der Waals surface area contributed by atoms with Crippen LogP contribution in [-0.4, -0.2) is 62.1 Å². The number of benzene rings is 1. The van der Waals surface area contributed by atoms with E-state index in [2.05, 4.69) is 46.8 Å². The Kier molecular flexibility index (Phi) is 10.8. The molecule has 2 aromatic rings. The number of pyridine rings is 1. The number of nitrogens with one attached hydrogen (secondary N) is 1. The first kappa shape index (κ1) is 26.3. The number of amides is 1. The molecule has 180 valence electrons. The number of fused-ring (bicyclic) bond motifs is 1. The molecule has 0 radical (unpaired) electrons. The average molecular weight is 459 g/mol. The zero-order valence-electron chi connectivity index (χ0n) is 20.0. The number of aryl methyl sites for hydroxylation is 1. The summed E-state index contributed by atoms with van der Waals surface area (Å²) >= 11 is 0. The van der Waals surface area contributed by atoms with Gasteiger partial charge in [0.25, 0.3) is 12.4 Å². The summed E-state index contributed by atoms with van der Waals surface area (Å²) in [5.41, 5.74) is 3.53. The summed E-state index contributed by atoms with van der Waals surface area (Å²) < 4.78 is 17.5. The molecule has 1 atom stereocenters.